The molecule has 0 amide bonds. The number of ether oxygens (including phenoxy) is 1. The zero-order valence-corrected chi connectivity index (χ0v) is 20.0. The Bertz CT molecular complexity index is 875. The Morgan fingerprint density at radius 3 is 1.45 bits per heavy atom. The highest BCUT2D eigenvalue weighted by Crippen LogP contribution is 2.25. The Labute approximate surface area is 186 Å². The second-order valence-corrected chi connectivity index (χ2v) is 8.54. The third-order valence-corrected chi connectivity index (χ3v) is 5.44. The van der Waals surface area contributed by atoms with Gasteiger partial charge in [0.15, 0.2) is 0 Å². The number of aryl methyl sites for hydroxylation is 6. The molecule has 0 aliphatic carbocycles. The van der Waals surface area contributed by atoms with Gasteiger partial charge in [0.25, 0.3) is 5.78 Å². The highest BCUT2D eigenvalue weighted by atomic mass is 16.5. The van der Waals surface area contributed by atoms with Crippen molar-refractivity contribution in [1.29, 1.82) is 0 Å². The second kappa shape index (κ2) is 11.8. The number of carbonyl (C=O) groups excluding carboxylic acids is 2. The van der Waals surface area contributed by atoms with Crippen LogP contribution in [-0.2, 0) is 4.79 Å². The second-order valence-electron chi connectivity index (χ2n) is 8.54. The molecule has 0 heterocycles. The fourth-order valence-corrected chi connectivity index (χ4v) is 3.47. The number of Topliss-reactive ketones (excluding diaryl/α,β-unsaturated/α-hetero) is 1. The van der Waals surface area contributed by atoms with Crippen LogP contribution in [0.5, 0.6) is 5.75 Å². The van der Waals surface area contributed by atoms with Gasteiger partial charge in [0.05, 0.1) is 0 Å². The molecule has 5 heteroatoms. The summed E-state index contributed by atoms with van der Waals surface area (Å²) in [4.78, 5) is 24.8. The van der Waals surface area contributed by atoms with Crippen molar-refractivity contribution in [2.45, 2.75) is 55.4 Å². The molecule has 0 radical (unpaired) electrons. The lowest BCUT2D eigenvalue weighted by Gasteiger charge is -2.13. The van der Waals surface area contributed by atoms with E-state index < -0.39 is 11.8 Å². The van der Waals surface area contributed by atoms with Gasteiger partial charge in [0.2, 0.25) is 0 Å². The fraction of sp³-hybridized carbons (Fsp3) is 0.462. The third-order valence-electron chi connectivity index (χ3n) is 5.44. The van der Waals surface area contributed by atoms with Crippen LogP contribution in [0.15, 0.2) is 24.3 Å². The van der Waals surface area contributed by atoms with Crippen LogP contribution in [0.4, 0.5) is 0 Å². The van der Waals surface area contributed by atoms with Gasteiger partial charge in [0.1, 0.15) is 5.75 Å². The zero-order valence-electron chi connectivity index (χ0n) is 20.0. The fourth-order valence-electron chi connectivity index (χ4n) is 3.47. The lowest BCUT2D eigenvalue weighted by Crippen LogP contribution is -2.23. The van der Waals surface area contributed by atoms with E-state index in [-0.39, 0.29) is 25.0 Å². The van der Waals surface area contributed by atoms with Crippen LogP contribution in [-0.4, -0.2) is 35.2 Å². The quantitative estimate of drug-likeness (QED) is 0.305. The maximum absolute atomic E-state index is 12.5. The molecule has 170 valence electrons. The SMILES string of the molecule is CC(CO)C(C)CO.Cc1cc(C)c(OC(=O)C(=O)c2c(C)cc(C)cc2C)c(C)c1. The van der Waals surface area contributed by atoms with Crippen LogP contribution < -0.4 is 4.74 Å². The van der Waals surface area contributed by atoms with Crippen LogP contribution in [0.1, 0.15) is 57.6 Å². The normalized spacial score (nSPS) is 12.5. The molecule has 2 unspecified atom stereocenters. The third kappa shape index (κ3) is 7.30. The van der Waals surface area contributed by atoms with E-state index >= 15 is 0 Å². The number of benzene rings is 2. The van der Waals surface area contributed by atoms with Gasteiger partial charge in [-0.15, -0.1) is 0 Å². The first kappa shape index (κ1) is 26.5. The molecule has 2 rings (SSSR count). The molecule has 2 aromatic carbocycles. The van der Waals surface area contributed by atoms with Gasteiger partial charge in [0, 0.05) is 18.8 Å². The molecule has 0 aliphatic heterocycles. The van der Waals surface area contributed by atoms with Crippen molar-refractivity contribution < 1.29 is 24.5 Å². The zero-order chi connectivity index (χ0) is 23.9. The summed E-state index contributed by atoms with van der Waals surface area (Å²) in [6.45, 7) is 15.5. The topological polar surface area (TPSA) is 83.8 Å². The average molecular weight is 429 g/mol. The van der Waals surface area contributed by atoms with E-state index in [1.165, 1.54) is 0 Å². The van der Waals surface area contributed by atoms with E-state index in [0.717, 1.165) is 33.4 Å². The van der Waals surface area contributed by atoms with Crippen LogP contribution in [0.3, 0.4) is 0 Å². The number of esters is 1. The van der Waals surface area contributed by atoms with Gasteiger partial charge in [-0.2, -0.15) is 0 Å². The molecule has 0 saturated carbocycles. The van der Waals surface area contributed by atoms with Crippen molar-refractivity contribution in [3.05, 3.63) is 63.2 Å². The minimum absolute atomic E-state index is 0.168. The van der Waals surface area contributed by atoms with Crippen molar-refractivity contribution in [3.8, 4) is 5.75 Å². The Balaban J connectivity index is 0.000000512. The molecule has 31 heavy (non-hydrogen) atoms. The van der Waals surface area contributed by atoms with Crippen molar-refractivity contribution in [2.24, 2.45) is 11.8 Å². The van der Waals surface area contributed by atoms with Crippen molar-refractivity contribution in [3.63, 3.8) is 0 Å². The van der Waals surface area contributed by atoms with E-state index in [1.807, 2.05) is 79.7 Å². The highest BCUT2D eigenvalue weighted by molar-refractivity contribution is 6.41. The average Bonchev–Trinajstić information content (AvgIpc) is 2.68. The maximum Gasteiger partial charge on any atom is 0.385 e. The predicted octanol–water partition coefficient (Wildman–Crippen LogP) is 4.57. The minimum atomic E-state index is -0.838. The molecular weight excluding hydrogens is 392 g/mol. The molecule has 0 bridgehead atoms. The summed E-state index contributed by atoms with van der Waals surface area (Å²) in [7, 11) is 0. The van der Waals surface area contributed by atoms with Gasteiger partial charge in [-0.3, -0.25) is 4.79 Å². The summed E-state index contributed by atoms with van der Waals surface area (Å²) < 4.78 is 5.40. The lowest BCUT2D eigenvalue weighted by atomic mass is 9.96. The first-order valence-electron chi connectivity index (χ1n) is 10.6. The first-order chi connectivity index (χ1) is 14.4. The minimum Gasteiger partial charge on any atom is -0.420 e. The van der Waals surface area contributed by atoms with Crippen molar-refractivity contribution in [1.82, 2.24) is 0 Å². The summed E-state index contributed by atoms with van der Waals surface area (Å²) >= 11 is 0. The first-order valence-corrected chi connectivity index (χ1v) is 10.6. The van der Waals surface area contributed by atoms with Gasteiger partial charge >= 0.3 is 5.97 Å². The van der Waals surface area contributed by atoms with E-state index in [0.29, 0.717) is 11.3 Å². The highest BCUT2D eigenvalue weighted by Gasteiger charge is 2.24. The number of aliphatic hydroxyl groups is 2. The summed E-state index contributed by atoms with van der Waals surface area (Å²) in [6.07, 6.45) is 0. The molecule has 0 fully saturated rings. The van der Waals surface area contributed by atoms with Crippen molar-refractivity contribution in [2.75, 3.05) is 13.2 Å². The number of rotatable bonds is 6. The van der Waals surface area contributed by atoms with Gasteiger partial charge in [-0.05, 0) is 75.6 Å². The Kier molecular flexibility index (Phi) is 10.1. The summed E-state index contributed by atoms with van der Waals surface area (Å²) in [5.74, 6) is -0.522. The van der Waals surface area contributed by atoms with Crippen LogP contribution >= 0.6 is 0 Å². The van der Waals surface area contributed by atoms with E-state index in [1.54, 1.807) is 0 Å². The Morgan fingerprint density at radius 2 is 1.10 bits per heavy atom. The molecule has 2 aromatic rings. The molecular formula is C26H36O5. The molecule has 2 N–H and O–H groups in total. The molecule has 2 atom stereocenters. The molecule has 0 spiro atoms. The smallest absolute Gasteiger partial charge is 0.385 e. The number of carbonyl (C=O) groups is 2. The van der Waals surface area contributed by atoms with Crippen molar-refractivity contribution >= 4 is 11.8 Å². The van der Waals surface area contributed by atoms with E-state index in [2.05, 4.69) is 0 Å². The summed E-state index contributed by atoms with van der Waals surface area (Å²) in [6, 6.07) is 7.66. The summed E-state index contributed by atoms with van der Waals surface area (Å²) in [5, 5.41) is 17.1. The lowest BCUT2D eigenvalue weighted by molar-refractivity contribution is -0.129. The van der Waals surface area contributed by atoms with Crippen LogP contribution in [0, 0.1) is 53.4 Å². The Morgan fingerprint density at radius 1 is 0.742 bits per heavy atom. The van der Waals surface area contributed by atoms with E-state index in [4.69, 9.17) is 14.9 Å². The number of aliphatic hydroxyl groups excluding tert-OH is 2. The molecule has 0 aliphatic rings. The predicted molar refractivity (Wildman–Crippen MR) is 124 cm³/mol. The van der Waals surface area contributed by atoms with Crippen LogP contribution in [0.2, 0.25) is 0 Å². The molecule has 5 nitrogen and oxygen atoms in total. The number of hydrogen-bond donors (Lipinski definition) is 2. The molecule has 0 saturated heterocycles. The summed E-state index contributed by atoms with van der Waals surface area (Å²) in [5.41, 5.74) is 5.88. The van der Waals surface area contributed by atoms with Gasteiger partial charge in [-0.25, -0.2) is 4.79 Å². The standard InChI is InChI=1S/C20H22O3.C6H14O2/c1-11-7-13(3)17(14(4)8-11)18(21)20(22)23-19-15(5)9-12(2)10-16(19)6;1-5(3-7)6(2)4-8/h7-10H,1-6H3;5-8H,3-4H2,1-2H3. The maximum atomic E-state index is 12.5. The van der Waals surface area contributed by atoms with Gasteiger partial charge < -0.3 is 14.9 Å². The number of hydrogen-bond acceptors (Lipinski definition) is 5. The van der Waals surface area contributed by atoms with Crippen LogP contribution in [0.25, 0.3) is 0 Å². The monoisotopic (exact) mass is 428 g/mol. The molecule has 0 aromatic heterocycles. The largest absolute Gasteiger partial charge is 0.420 e. The van der Waals surface area contributed by atoms with Gasteiger partial charge in [-0.1, -0.05) is 49.2 Å². The Hall–Kier alpha value is -2.50. The number of ketones is 1. The van der Waals surface area contributed by atoms with E-state index in [9.17, 15) is 9.59 Å².